The zero-order chi connectivity index (χ0) is 72.3. The van der Waals surface area contributed by atoms with Crippen LogP contribution in [0.1, 0.15) is 48.0 Å². The molecule has 14 rings (SSSR count). The van der Waals surface area contributed by atoms with Crippen molar-refractivity contribution in [3.63, 3.8) is 0 Å². The van der Waals surface area contributed by atoms with E-state index in [-0.39, 0.29) is 0 Å². The predicted molar refractivity (Wildman–Crippen MR) is 267 cm³/mol. The minimum Gasteiger partial charge on any atom is -0.309 e. The van der Waals surface area contributed by atoms with E-state index in [0.29, 0.717) is 4.57 Å². The van der Waals surface area contributed by atoms with Crippen LogP contribution in [0, 0.1) is 0 Å². The molecular formula is C59H37N5. The molecule has 0 unspecified atom stereocenters. The molecule has 0 amide bonds. The Morgan fingerprint density at radius 1 is 0.297 bits per heavy atom. The lowest BCUT2D eigenvalue weighted by Gasteiger charge is -2.18. The third kappa shape index (κ3) is 4.92. The number of benzene rings is 9. The molecule has 0 N–H and O–H groups in total. The van der Waals surface area contributed by atoms with Crippen molar-refractivity contribution in [1.82, 2.24) is 23.3 Å². The van der Waals surface area contributed by atoms with Crippen molar-refractivity contribution in [3.05, 3.63) is 224 Å². The SMILES string of the molecule is [2H]c1c([2H])c([2H])c(-n2c3c([2H])c([2H])c([2H])c([2H])c3c3c([2H])c(-n4c5c([2H])c([2H])c([2H])c([2H])c5c5c([2H])c([2H])c([2H])c([2H])c54)c([2H])c([2H])c32)c(-c2cc(-n3c4c([2H])c([2H])c([2H])c([2H])c4c4c([2H])c([2H])c([2H])c([2H])c43)nc(-n3c4c([2H])c([2H])c([2H])c([2H])c4c4c([2H])c([2H])c([2H])c([2H])c43)c2)c1[2H]. The Morgan fingerprint density at radius 2 is 0.625 bits per heavy atom. The molecule has 5 nitrogen and oxygen atoms in total. The number of fused-ring (bicyclic) bond motifs is 12. The van der Waals surface area contributed by atoms with E-state index in [9.17, 15) is 26.0 Å². The van der Waals surface area contributed by atoms with Crippen molar-refractivity contribution in [2.45, 2.75) is 0 Å². The number of hydrogen-bond donors (Lipinski definition) is 0. The molecule has 14 aromatic rings. The quantitative estimate of drug-likeness (QED) is 0.170. The monoisotopic (exact) mass is 851 g/mol. The van der Waals surface area contributed by atoms with Gasteiger partial charge in [0, 0.05) is 54.3 Å². The van der Waals surface area contributed by atoms with Crippen molar-refractivity contribution in [3.8, 4) is 34.1 Å². The molecule has 0 fully saturated rings. The van der Waals surface area contributed by atoms with Gasteiger partial charge in [-0.1, -0.05) is 145 Å². The minimum absolute atomic E-state index is 0.526. The minimum atomic E-state index is -1.13. The topological polar surface area (TPSA) is 32.6 Å². The summed E-state index contributed by atoms with van der Waals surface area (Å²) in [5.41, 5.74) is -8.55. The summed E-state index contributed by atoms with van der Waals surface area (Å²) in [6, 6.07) is -31.1. The maximum absolute atomic E-state index is 10.3. The second kappa shape index (κ2) is 13.4. The van der Waals surface area contributed by atoms with Crippen molar-refractivity contribution in [1.29, 1.82) is 0 Å². The zero-order valence-electron chi connectivity index (χ0n) is 66.9. The first-order valence-electron chi connectivity index (χ1n) is 36.5. The second-order valence-electron chi connectivity index (χ2n) is 14.1. The van der Waals surface area contributed by atoms with Crippen LogP contribution in [0.2, 0.25) is 0 Å². The van der Waals surface area contributed by atoms with Crippen LogP contribution in [-0.2, 0) is 0 Å². The van der Waals surface area contributed by atoms with Crippen molar-refractivity contribution in [2.75, 3.05) is 0 Å². The predicted octanol–water partition coefficient (Wildman–Crippen LogP) is 15.1. The van der Waals surface area contributed by atoms with Gasteiger partial charge >= 0.3 is 0 Å². The summed E-state index contributed by atoms with van der Waals surface area (Å²) in [7, 11) is 0. The summed E-state index contributed by atoms with van der Waals surface area (Å²) in [5, 5.41) is -4.61. The Bertz CT molecular complexity index is 5890. The zero-order valence-corrected chi connectivity index (χ0v) is 31.9. The molecule has 298 valence electrons. The lowest BCUT2D eigenvalue weighted by atomic mass is 10.0. The van der Waals surface area contributed by atoms with Gasteiger partial charge in [0.1, 0.15) is 11.6 Å². The first-order valence-corrected chi connectivity index (χ1v) is 19.0. The van der Waals surface area contributed by atoms with Crippen LogP contribution in [-0.4, -0.2) is 23.3 Å². The highest BCUT2D eigenvalue weighted by Crippen LogP contribution is 2.41. The molecule has 0 saturated carbocycles. The van der Waals surface area contributed by atoms with Crippen LogP contribution in [0.4, 0.5) is 0 Å². The Kier molecular flexibility index (Phi) is 3.21. The number of para-hydroxylation sites is 8. The van der Waals surface area contributed by atoms with Crippen LogP contribution >= 0.6 is 0 Å². The van der Waals surface area contributed by atoms with Gasteiger partial charge in [-0.3, -0.25) is 9.13 Å². The van der Waals surface area contributed by atoms with Crippen LogP contribution in [0.15, 0.2) is 224 Å². The molecule has 0 bridgehead atoms. The average molecular weight is 851 g/mol. The molecule has 0 spiro atoms. The van der Waals surface area contributed by atoms with E-state index < -0.39 is 333 Å². The summed E-state index contributed by atoms with van der Waals surface area (Å²) < 4.78 is 326. The van der Waals surface area contributed by atoms with Gasteiger partial charge in [-0.25, -0.2) is 4.98 Å². The summed E-state index contributed by atoms with van der Waals surface area (Å²) in [6.07, 6.45) is 0. The van der Waals surface area contributed by atoms with E-state index in [1.54, 1.807) is 0 Å². The molecule has 64 heavy (non-hydrogen) atoms. The molecule has 5 aromatic heterocycles. The second-order valence-corrected chi connectivity index (χ2v) is 14.1. The third-order valence-corrected chi connectivity index (χ3v) is 10.9. The number of nitrogens with zero attached hydrogens (tertiary/aromatic N) is 5. The Morgan fingerprint density at radius 3 is 1.06 bits per heavy atom. The van der Waals surface area contributed by atoms with Crippen molar-refractivity contribution < 1.29 is 48.0 Å². The van der Waals surface area contributed by atoms with E-state index in [1.165, 1.54) is 0 Å². The first kappa shape index (κ1) is 15.3. The van der Waals surface area contributed by atoms with E-state index in [4.69, 9.17) is 26.9 Å². The molecule has 0 atom stereocenters. The van der Waals surface area contributed by atoms with Gasteiger partial charge in [-0.05, 0) is 84.2 Å². The summed E-state index contributed by atoms with van der Waals surface area (Å²) in [4.78, 5) is 4.86. The molecule has 0 aliphatic rings. The van der Waals surface area contributed by atoms with Crippen LogP contribution in [0.5, 0.6) is 0 Å². The fourth-order valence-electron chi connectivity index (χ4n) is 8.34. The molecular weight excluding hydrogens is 779 g/mol. The molecule has 5 heteroatoms. The molecule has 0 aliphatic heterocycles. The van der Waals surface area contributed by atoms with Gasteiger partial charge in [0.15, 0.2) is 0 Å². The highest BCUT2D eigenvalue weighted by molar-refractivity contribution is 6.13. The van der Waals surface area contributed by atoms with Crippen LogP contribution < -0.4 is 0 Å². The summed E-state index contributed by atoms with van der Waals surface area (Å²) >= 11 is 0. The maximum atomic E-state index is 10.3. The van der Waals surface area contributed by atoms with Gasteiger partial charge in [0.2, 0.25) is 0 Å². The number of hydrogen-bond acceptors (Lipinski definition) is 1. The van der Waals surface area contributed by atoms with Crippen LogP contribution in [0.3, 0.4) is 0 Å². The Labute approximate surface area is 416 Å². The number of aromatic nitrogens is 5. The van der Waals surface area contributed by atoms with Crippen molar-refractivity contribution in [2.24, 2.45) is 0 Å². The smallest absolute Gasteiger partial charge is 0.140 e. The highest BCUT2D eigenvalue weighted by atomic mass is 15.1. The first-order chi connectivity index (χ1) is 46.3. The largest absolute Gasteiger partial charge is 0.309 e. The summed E-state index contributed by atoms with van der Waals surface area (Å²) in [5.74, 6) is -1.46. The molecule has 0 aliphatic carbocycles. The lowest BCUT2D eigenvalue weighted by Crippen LogP contribution is -2.05. The van der Waals surface area contributed by atoms with Crippen molar-refractivity contribution >= 4 is 87.2 Å². The fraction of sp³-hybridized carbons (Fsp3) is 0. The highest BCUT2D eigenvalue weighted by Gasteiger charge is 2.22. The standard InChI is InChI=1S/C59H37N5/c1-9-25-49(62-52-28-12-8-24-47(52)48-37-39(33-34-57(48)62)61-50-26-10-2-18-41(50)42-19-3-11-27-51(42)61)40(17-1)38-35-58(63-53-29-13-4-20-43(53)44-21-5-14-30-54(44)63)60-59(36-38)64-55-31-15-6-22-45(55)46-23-7-16-32-56(46)64/h1-37H/i1D,2D,3D,4D,5D,6D,7D,8D,9D,10D,11D,12D,13D,14D,15D,16D,17D,18D,19D,20D,21D,22D,23D,24D,25D,26D,27D,28D,29D,30D,31D,32D,33D,34D,37D. The van der Waals surface area contributed by atoms with Gasteiger partial charge in [0.25, 0.3) is 0 Å². The number of pyridine rings is 1. The maximum Gasteiger partial charge on any atom is 0.140 e. The van der Waals surface area contributed by atoms with E-state index in [2.05, 4.69) is 0 Å². The van der Waals surface area contributed by atoms with Gasteiger partial charge in [-0.15, -0.1) is 0 Å². The normalized spacial score (nSPS) is 19.7. The van der Waals surface area contributed by atoms with E-state index in [1.807, 2.05) is 0 Å². The molecule has 9 aromatic carbocycles. The van der Waals surface area contributed by atoms with E-state index >= 15 is 0 Å². The number of rotatable bonds is 5. The van der Waals surface area contributed by atoms with E-state index in [0.717, 1.165) is 25.8 Å². The molecule has 5 heterocycles. The molecule has 0 saturated heterocycles. The average Bonchev–Trinajstić information content (AvgIpc) is 1.55. The van der Waals surface area contributed by atoms with Gasteiger partial charge < -0.3 is 9.13 Å². The lowest BCUT2D eigenvalue weighted by molar-refractivity contribution is 1.01. The molecule has 0 radical (unpaired) electrons. The Hall–Kier alpha value is -8.67. The fourth-order valence-corrected chi connectivity index (χ4v) is 8.34. The third-order valence-electron chi connectivity index (χ3n) is 10.9. The summed E-state index contributed by atoms with van der Waals surface area (Å²) in [6.45, 7) is 0. The van der Waals surface area contributed by atoms with Crippen LogP contribution in [0.25, 0.3) is 121 Å². The van der Waals surface area contributed by atoms with Gasteiger partial charge in [0.05, 0.1) is 97.8 Å². The Balaban J connectivity index is 1.24. The van der Waals surface area contributed by atoms with Gasteiger partial charge in [-0.2, -0.15) is 0 Å².